The van der Waals surface area contributed by atoms with Gasteiger partial charge in [-0.2, -0.15) is 0 Å². The Morgan fingerprint density at radius 2 is 1.88 bits per heavy atom. The van der Waals surface area contributed by atoms with E-state index in [0.29, 0.717) is 18.4 Å². The van der Waals surface area contributed by atoms with Gasteiger partial charge in [-0.05, 0) is 35.9 Å². The summed E-state index contributed by atoms with van der Waals surface area (Å²) >= 11 is 0. The largest absolute Gasteiger partial charge is 0.496 e. The van der Waals surface area contributed by atoms with Gasteiger partial charge < -0.3 is 13.9 Å². The van der Waals surface area contributed by atoms with Gasteiger partial charge in [0.1, 0.15) is 18.1 Å². The van der Waals surface area contributed by atoms with E-state index in [-0.39, 0.29) is 0 Å². The molecule has 2 aromatic carbocycles. The molecule has 0 aliphatic heterocycles. The number of para-hydroxylation sites is 1. The molecule has 0 unspecified atom stereocenters. The molecular weight excluding hydrogens is 304 g/mol. The van der Waals surface area contributed by atoms with Crippen molar-refractivity contribution >= 4 is 12.2 Å². The molecule has 0 N–H and O–H groups in total. The molecule has 0 radical (unpaired) electrons. The Morgan fingerprint density at radius 1 is 1.04 bits per heavy atom. The predicted molar refractivity (Wildman–Crippen MR) is 91.7 cm³/mol. The minimum absolute atomic E-state index is 0.425. The highest BCUT2D eigenvalue weighted by Gasteiger charge is 2.05. The number of hydrogen-bond acceptors (Lipinski definition) is 5. The molecule has 5 heteroatoms. The maximum atomic E-state index is 5.81. The van der Waals surface area contributed by atoms with Crippen LogP contribution >= 0.6 is 0 Å². The quantitative estimate of drug-likeness (QED) is 0.683. The van der Waals surface area contributed by atoms with Gasteiger partial charge in [-0.3, -0.25) is 0 Å². The summed E-state index contributed by atoms with van der Waals surface area (Å²) in [5, 5.41) is 7.74. The summed E-state index contributed by atoms with van der Waals surface area (Å²) in [6.07, 6.45) is 3.70. The van der Waals surface area contributed by atoms with E-state index in [4.69, 9.17) is 13.9 Å². The molecule has 0 saturated carbocycles. The number of hydrogen-bond donors (Lipinski definition) is 0. The second kappa shape index (κ2) is 7.46. The molecule has 0 spiro atoms. The van der Waals surface area contributed by atoms with E-state index in [1.54, 1.807) is 20.1 Å². The number of rotatable bonds is 6. The van der Waals surface area contributed by atoms with E-state index < -0.39 is 0 Å². The lowest BCUT2D eigenvalue weighted by atomic mass is 10.1. The third-order valence-electron chi connectivity index (χ3n) is 3.40. The Hall–Kier alpha value is -3.08. The van der Waals surface area contributed by atoms with Crippen molar-refractivity contribution in [3.63, 3.8) is 0 Å². The van der Waals surface area contributed by atoms with Crippen LogP contribution in [0.4, 0.5) is 0 Å². The first-order valence-electron chi connectivity index (χ1n) is 7.57. The van der Waals surface area contributed by atoms with Gasteiger partial charge in [0.15, 0.2) is 0 Å². The number of aryl methyl sites for hydroxylation is 1. The zero-order valence-electron chi connectivity index (χ0n) is 13.6. The molecule has 1 heterocycles. The average molecular weight is 322 g/mol. The van der Waals surface area contributed by atoms with Gasteiger partial charge in [-0.1, -0.05) is 24.3 Å². The molecule has 24 heavy (non-hydrogen) atoms. The smallest absolute Gasteiger partial charge is 0.240 e. The normalized spacial score (nSPS) is 10.9. The zero-order chi connectivity index (χ0) is 16.8. The number of methoxy groups -OCH3 is 1. The summed E-state index contributed by atoms with van der Waals surface area (Å²) in [5.41, 5.74) is 1.96. The number of nitrogens with zero attached hydrogens (tertiary/aromatic N) is 2. The van der Waals surface area contributed by atoms with Crippen LogP contribution in [0.1, 0.15) is 22.9 Å². The first-order valence-corrected chi connectivity index (χ1v) is 7.57. The number of ether oxygens (including phenoxy) is 2. The third-order valence-corrected chi connectivity index (χ3v) is 3.40. The minimum atomic E-state index is 0.425. The van der Waals surface area contributed by atoms with Gasteiger partial charge in [0.25, 0.3) is 0 Å². The first-order chi connectivity index (χ1) is 11.7. The SMILES string of the molecule is COc1ccc(/C=C\c2nnc(C)o2)cc1COc1ccccc1. The first kappa shape index (κ1) is 15.8. The molecule has 3 aromatic rings. The van der Waals surface area contributed by atoms with Crippen LogP contribution in [0.2, 0.25) is 0 Å². The Labute approximate surface area is 140 Å². The zero-order valence-corrected chi connectivity index (χ0v) is 13.6. The standard InChI is InChI=1S/C19H18N2O3/c1-14-20-21-19(24-14)11-9-15-8-10-18(22-2)16(12-15)13-23-17-6-4-3-5-7-17/h3-12H,13H2,1-2H3/b11-9-. The second-order valence-electron chi connectivity index (χ2n) is 5.17. The van der Waals surface area contributed by atoms with Crippen LogP contribution < -0.4 is 9.47 Å². The van der Waals surface area contributed by atoms with E-state index in [2.05, 4.69) is 10.2 Å². The van der Waals surface area contributed by atoms with Crippen molar-refractivity contribution in [2.75, 3.05) is 7.11 Å². The van der Waals surface area contributed by atoms with Crippen LogP contribution in [0.3, 0.4) is 0 Å². The number of benzene rings is 2. The molecule has 1 aromatic heterocycles. The molecule has 0 bridgehead atoms. The van der Waals surface area contributed by atoms with E-state index in [1.165, 1.54) is 0 Å². The Kier molecular flexibility index (Phi) is 4.91. The van der Waals surface area contributed by atoms with E-state index in [0.717, 1.165) is 22.6 Å². The summed E-state index contributed by atoms with van der Waals surface area (Å²) in [6.45, 7) is 2.19. The van der Waals surface area contributed by atoms with E-state index in [1.807, 2.05) is 54.6 Å². The fourth-order valence-electron chi connectivity index (χ4n) is 2.24. The van der Waals surface area contributed by atoms with E-state index >= 15 is 0 Å². The van der Waals surface area contributed by atoms with Crippen LogP contribution in [0.25, 0.3) is 12.2 Å². The van der Waals surface area contributed by atoms with Crippen molar-refractivity contribution in [3.05, 3.63) is 71.4 Å². The lowest BCUT2D eigenvalue weighted by molar-refractivity contribution is 0.296. The molecular formula is C19H18N2O3. The lowest BCUT2D eigenvalue weighted by Gasteiger charge is -2.11. The molecule has 122 valence electrons. The Bertz CT molecular complexity index is 826. The fraction of sp³-hybridized carbons (Fsp3) is 0.158. The molecule has 0 aliphatic carbocycles. The maximum Gasteiger partial charge on any atom is 0.240 e. The predicted octanol–water partition coefficient (Wildman–Crippen LogP) is 4.14. The fourth-order valence-corrected chi connectivity index (χ4v) is 2.24. The third kappa shape index (κ3) is 4.01. The van der Waals surface area contributed by atoms with Crippen LogP contribution in [-0.2, 0) is 6.61 Å². The molecule has 0 saturated heterocycles. The van der Waals surface area contributed by atoms with Crippen LogP contribution in [0.15, 0.2) is 52.9 Å². The second-order valence-corrected chi connectivity index (χ2v) is 5.17. The van der Waals surface area contributed by atoms with Crippen molar-refractivity contribution in [2.45, 2.75) is 13.5 Å². The Morgan fingerprint density at radius 3 is 2.58 bits per heavy atom. The highest BCUT2D eigenvalue weighted by atomic mass is 16.5. The van der Waals surface area contributed by atoms with Crippen LogP contribution in [-0.4, -0.2) is 17.3 Å². The van der Waals surface area contributed by atoms with Crippen molar-refractivity contribution < 1.29 is 13.9 Å². The van der Waals surface area contributed by atoms with Crippen molar-refractivity contribution in [1.29, 1.82) is 0 Å². The number of aromatic nitrogens is 2. The molecule has 0 amide bonds. The van der Waals surface area contributed by atoms with Crippen molar-refractivity contribution in [3.8, 4) is 11.5 Å². The van der Waals surface area contributed by atoms with Gasteiger partial charge >= 0.3 is 0 Å². The molecule has 0 atom stereocenters. The topological polar surface area (TPSA) is 57.4 Å². The molecule has 5 nitrogen and oxygen atoms in total. The van der Waals surface area contributed by atoms with Gasteiger partial charge in [-0.15, -0.1) is 10.2 Å². The molecule has 3 rings (SSSR count). The van der Waals surface area contributed by atoms with Gasteiger partial charge in [0.2, 0.25) is 11.8 Å². The molecule has 0 aliphatic rings. The summed E-state index contributed by atoms with van der Waals surface area (Å²) < 4.78 is 16.5. The van der Waals surface area contributed by atoms with Crippen LogP contribution in [0.5, 0.6) is 11.5 Å². The lowest BCUT2D eigenvalue weighted by Crippen LogP contribution is -1.99. The summed E-state index contributed by atoms with van der Waals surface area (Å²) in [7, 11) is 1.65. The van der Waals surface area contributed by atoms with Crippen molar-refractivity contribution in [1.82, 2.24) is 10.2 Å². The summed E-state index contributed by atoms with van der Waals surface area (Å²) in [4.78, 5) is 0. The van der Waals surface area contributed by atoms with E-state index in [9.17, 15) is 0 Å². The summed E-state index contributed by atoms with van der Waals surface area (Å²) in [5.74, 6) is 2.63. The van der Waals surface area contributed by atoms with Gasteiger partial charge in [0.05, 0.1) is 7.11 Å². The van der Waals surface area contributed by atoms with Gasteiger partial charge in [-0.25, -0.2) is 0 Å². The molecule has 0 fully saturated rings. The summed E-state index contributed by atoms with van der Waals surface area (Å²) in [6, 6.07) is 15.6. The van der Waals surface area contributed by atoms with Crippen LogP contribution in [0, 0.1) is 6.92 Å². The van der Waals surface area contributed by atoms with Gasteiger partial charge in [0, 0.05) is 18.6 Å². The average Bonchev–Trinajstić information content (AvgIpc) is 3.04. The maximum absolute atomic E-state index is 5.81. The monoisotopic (exact) mass is 322 g/mol. The minimum Gasteiger partial charge on any atom is -0.496 e. The Balaban J connectivity index is 1.76. The highest BCUT2D eigenvalue weighted by molar-refractivity contribution is 5.67. The highest BCUT2D eigenvalue weighted by Crippen LogP contribution is 2.23. The van der Waals surface area contributed by atoms with Crippen molar-refractivity contribution in [2.24, 2.45) is 0 Å².